The second kappa shape index (κ2) is 9.50. The van der Waals surface area contributed by atoms with Crippen molar-refractivity contribution >= 4 is 0 Å². The fourth-order valence-corrected chi connectivity index (χ4v) is 1.49. The topological polar surface area (TPSA) is 17.8 Å². The fourth-order valence-electron chi connectivity index (χ4n) is 1.49. The van der Waals surface area contributed by atoms with Gasteiger partial charge in [0.25, 0.3) is 0 Å². The Hall–Kier alpha value is -0.0497. The van der Waals surface area contributed by atoms with Crippen molar-refractivity contribution in [2.45, 2.75) is 52.0 Å². The molecule has 1 heterocycles. The number of aryl methyl sites for hydroxylation is 1. The number of hydrogen-bond donors (Lipinski definition) is 0. The molecule has 1 aromatic rings. The minimum atomic E-state index is 0. The standard InChI is InChI=1S/C11H20N2.Ag/c1-2-3-4-5-6-7-9-13-10-8-12-11-13;/h8,10-11H,2-7,9H2,1H3;. The number of hydrogen-bond acceptors (Lipinski definition) is 1. The predicted octanol–water partition coefficient (Wildman–Crippen LogP) is 3.24. The van der Waals surface area contributed by atoms with Crippen molar-refractivity contribution in [1.82, 2.24) is 9.55 Å². The van der Waals surface area contributed by atoms with E-state index in [0.29, 0.717) is 0 Å². The molecule has 0 unspecified atom stereocenters. The Morgan fingerprint density at radius 1 is 1.07 bits per heavy atom. The predicted molar refractivity (Wildman–Crippen MR) is 55.6 cm³/mol. The van der Waals surface area contributed by atoms with Crippen LogP contribution in [0, 0.1) is 0 Å². The van der Waals surface area contributed by atoms with Crippen LogP contribution in [0.5, 0.6) is 0 Å². The van der Waals surface area contributed by atoms with Gasteiger partial charge in [0.15, 0.2) is 0 Å². The van der Waals surface area contributed by atoms with Gasteiger partial charge in [0.2, 0.25) is 0 Å². The molecule has 1 aromatic heterocycles. The van der Waals surface area contributed by atoms with E-state index in [-0.39, 0.29) is 22.4 Å². The largest absolute Gasteiger partial charge is 0.337 e. The Morgan fingerprint density at radius 3 is 2.43 bits per heavy atom. The van der Waals surface area contributed by atoms with Crippen LogP contribution in [0.2, 0.25) is 0 Å². The van der Waals surface area contributed by atoms with E-state index in [9.17, 15) is 0 Å². The monoisotopic (exact) mass is 287 g/mol. The Kier molecular flexibility index (Phi) is 9.47. The second-order valence-corrected chi connectivity index (χ2v) is 3.57. The van der Waals surface area contributed by atoms with Crippen molar-refractivity contribution in [2.24, 2.45) is 0 Å². The van der Waals surface area contributed by atoms with Gasteiger partial charge < -0.3 is 4.57 Å². The normalized spacial score (nSPS) is 9.79. The third kappa shape index (κ3) is 6.41. The van der Waals surface area contributed by atoms with E-state index in [1.807, 2.05) is 18.7 Å². The summed E-state index contributed by atoms with van der Waals surface area (Å²) in [6.07, 6.45) is 13.9. The third-order valence-corrected chi connectivity index (χ3v) is 2.33. The van der Waals surface area contributed by atoms with E-state index < -0.39 is 0 Å². The molecule has 0 aliphatic heterocycles. The first-order chi connectivity index (χ1) is 6.43. The number of rotatable bonds is 7. The molecule has 85 valence electrons. The average Bonchev–Trinajstić information content (AvgIpc) is 2.63. The molecule has 0 aliphatic carbocycles. The number of aromatic nitrogens is 2. The molecule has 0 atom stereocenters. The average molecular weight is 288 g/mol. The van der Waals surface area contributed by atoms with Crippen molar-refractivity contribution in [2.75, 3.05) is 0 Å². The van der Waals surface area contributed by atoms with Crippen LogP contribution in [0.15, 0.2) is 18.7 Å². The van der Waals surface area contributed by atoms with Crippen LogP contribution in [0.4, 0.5) is 0 Å². The van der Waals surface area contributed by atoms with E-state index in [0.717, 1.165) is 6.54 Å². The van der Waals surface area contributed by atoms with Gasteiger partial charge in [-0.2, -0.15) is 0 Å². The van der Waals surface area contributed by atoms with Crippen LogP contribution in [0.1, 0.15) is 45.4 Å². The maximum absolute atomic E-state index is 4.01. The number of unbranched alkanes of at least 4 members (excludes halogenated alkanes) is 5. The first-order valence-electron chi connectivity index (χ1n) is 5.39. The van der Waals surface area contributed by atoms with Gasteiger partial charge in [-0.05, 0) is 6.42 Å². The zero-order chi connectivity index (χ0) is 9.36. The molecule has 0 saturated heterocycles. The smallest absolute Gasteiger partial charge is 0.0945 e. The minimum Gasteiger partial charge on any atom is -0.337 e. The van der Waals surface area contributed by atoms with Gasteiger partial charge >= 0.3 is 0 Å². The third-order valence-electron chi connectivity index (χ3n) is 2.33. The molecule has 2 nitrogen and oxygen atoms in total. The molecule has 14 heavy (non-hydrogen) atoms. The summed E-state index contributed by atoms with van der Waals surface area (Å²) >= 11 is 0. The molecule has 1 radical (unpaired) electrons. The Bertz CT molecular complexity index is 197. The van der Waals surface area contributed by atoms with Gasteiger partial charge in [0, 0.05) is 41.3 Å². The molecule has 3 heteroatoms. The SMILES string of the molecule is CCCCCCCCn1ccnc1.[Ag]. The summed E-state index contributed by atoms with van der Waals surface area (Å²) in [5.41, 5.74) is 0. The number of imidazole rings is 1. The molecule has 0 amide bonds. The summed E-state index contributed by atoms with van der Waals surface area (Å²) in [6.45, 7) is 3.39. The molecular formula is C11H20AgN2. The van der Waals surface area contributed by atoms with Gasteiger partial charge in [-0.15, -0.1) is 0 Å². The van der Waals surface area contributed by atoms with Crippen LogP contribution < -0.4 is 0 Å². The van der Waals surface area contributed by atoms with Crippen molar-refractivity contribution < 1.29 is 22.4 Å². The van der Waals surface area contributed by atoms with Crippen LogP contribution >= 0.6 is 0 Å². The molecule has 1 rings (SSSR count). The molecule has 0 N–H and O–H groups in total. The first kappa shape index (κ1) is 14.0. The van der Waals surface area contributed by atoms with E-state index >= 15 is 0 Å². The van der Waals surface area contributed by atoms with Gasteiger partial charge in [-0.1, -0.05) is 39.0 Å². The summed E-state index contributed by atoms with van der Waals surface area (Å²) in [5, 5.41) is 0. The summed E-state index contributed by atoms with van der Waals surface area (Å²) in [6, 6.07) is 0. The molecular weight excluding hydrogens is 268 g/mol. The summed E-state index contributed by atoms with van der Waals surface area (Å²) in [7, 11) is 0. The van der Waals surface area contributed by atoms with Gasteiger partial charge in [-0.3, -0.25) is 0 Å². The second-order valence-electron chi connectivity index (χ2n) is 3.57. The molecule has 0 aliphatic rings. The fraction of sp³-hybridized carbons (Fsp3) is 0.727. The molecule has 0 aromatic carbocycles. The zero-order valence-corrected chi connectivity index (χ0v) is 10.4. The van der Waals surface area contributed by atoms with Crippen molar-refractivity contribution in [1.29, 1.82) is 0 Å². The molecule has 0 fully saturated rings. The zero-order valence-electron chi connectivity index (χ0n) is 8.88. The van der Waals surface area contributed by atoms with Crippen LogP contribution in [0.3, 0.4) is 0 Å². The van der Waals surface area contributed by atoms with Gasteiger partial charge in [-0.25, -0.2) is 4.98 Å². The van der Waals surface area contributed by atoms with Crippen LogP contribution in [0.25, 0.3) is 0 Å². The summed E-state index contributed by atoms with van der Waals surface area (Å²) in [4.78, 5) is 4.01. The quantitative estimate of drug-likeness (QED) is 0.556. The molecule has 0 saturated carbocycles. The number of nitrogens with zero attached hydrogens (tertiary/aromatic N) is 2. The van der Waals surface area contributed by atoms with Gasteiger partial charge in [0.1, 0.15) is 0 Å². The van der Waals surface area contributed by atoms with Gasteiger partial charge in [0.05, 0.1) is 6.33 Å². The van der Waals surface area contributed by atoms with Crippen LogP contribution in [-0.4, -0.2) is 9.55 Å². The van der Waals surface area contributed by atoms with E-state index in [1.165, 1.54) is 38.5 Å². The summed E-state index contributed by atoms with van der Waals surface area (Å²) < 4.78 is 2.15. The Labute approximate surface area is 103 Å². The van der Waals surface area contributed by atoms with Crippen molar-refractivity contribution in [3.05, 3.63) is 18.7 Å². The maximum atomic E-state index is 4.01. The molecule has 0 bridgehead atoms. The Balaban J connectivity index is 0.00000169. The van der Waals surface area contributed by atoms with Crippen molar-refractivity contribution in [3.63, 3.8) is 0 Å². The van der Waals surface area contributed by atoms with Crippen molar-refractivity contribution in [3.8, 4) is 0 Å². The van der Waals surface area contributed by atoms with E-state index in [4.69, 9.17) is 0 Å². The molecule has 0 spiro atoms. The Morgan fingerprint density at radius 2 is 1.79 bits per heavy atom. The van der Waals surface area contributed by atoms with E-state index in [1.54, 1.807) is 0 Å². The van der Waals surface area contributed by atoms with Crippen LogP contribution in [-0.2, 0) is 28.9 Å². The minimum absolute atomic E-state index is 0. The summed E-state index contributed by atoms with van der Waals surface area (Å²) in [5.74, 6) is 0. The maximum Gasteiger partial charge on any atom is 0.0945 e. The first-order valence-corrected chi connectivity index (χ1v) is 5.39. The van der Waals surface area contributed by atoms with E-state index in [2.05, 4.69) is 16.5 Å².